The molecule has 1 aliphatic rings. The van der Waals surface area contributed by atoms with E-state index >= 15 is 0 Å². The number of halogens is 7. The van der Waals surface area contributed by atoms with Crippen LogP contribution in [0.3, 0.4) is 0 Å². The fourth-order valence-electron chi connectivity index (χ4n) is 10.5. The number of piperidine rings is 1. The summed E-state index contributed by atoms with van der Waals surface area (Å²) < 4.78 is 113. The van der Waals surface area contributed by atoms with Crippen LogP contribution in [0.2, 0.25) is 5.02 Å². The molecule has 1 saturated heterocycles. The van der Waals surface area contributed by atoms with Gasteiger partial charge in [0.05, 0.1) is 93.8 Å². The molecule has 0 unspecified atom stereocenters. The van der Waals surface area contributed by atoms with Crippen LogP contribution in [0.25, 0.3) is 10.9 Å². The second kappa shape index (κ2) is 33.7. The van der Waals surface area contributed by atoms with Crippen LogP contribution < -0.4 is 30.7 Å². The number of hydrogen-bond acceptors (Lipinski definition) is 11. The molecule has 0 saturated carbocycles. The van der Waals surface area contributed by atoms with Crippen molar-refractivity contribution in [2.75, 3.05) is 117 Å². The molecule has 89 heavy (non-hydrogen) atoms. The first-order chi connectivity index (χ1) is 43.0. The SMILES string of the molecule is COc1cc(C(=O)NCCOCCOCCOCCNC(=O)Cc2cccc(OCCCN(Cc3cccc(C(F)(F)F)c3Cl)CC(c3ccccc3)c3ccccc3)c2)ccc1NCC#Cc1cc2c(NC3CCN(C)CC3)cccc2n1CC(F)(F)F. The second-order valence-electron chi connectivity index (χ2n) is 21.6. The molecule has 21 heteroatoms. The Labute approximate surface area is 521 Å². The quantitative estimate of drug-likeness (QED) is 0.0182. The summed E-state index contributed by atoms with van der Waals surface area (Å²) in [5, 5.41) is 12.8. The van der Waals surface area contributed by atoms with E-state index in [-0.39, 0.29) is 73.8 Å². The lowest BCUT2D eigenvalue weighted by atomic mass is 9.90. The van der Waals surface area contributed by atoms with Gasteiger partial charge in [0, 0.05) is 61.3 Å². The van der Waals surface area contributed by atoms with Gasteiger partial charge in [-0.25, -0.2) is 0 Å². The molecule has 1 aromatic heterocycles. The molecule has 14 nitrogen and oxygen atoms in total. The highest BCUT2D eigenvalue weighted by molar-refractivity contribution is 6.32. The number of benzene rings is 6. The Hall–Kier alpha value is -7.77. The summed E-state index contributed by atoms with van der Waals surface area (Å²) in [6.45, 7) is 4.66. The van der Waals surface area contributed by atoms with Gasteiger partial charge in [0.25, 0.3) is 5.91 Å². The normalized spacial score (nSPS) is 13.1. The maximum absolute atomic E-state index is 13.9. The molecule has 2 amide bonds. The predicted octanol–water partition coefficient (Wildman–Crippen LogP) is 12.1. The van der Waals surface area contributed by atoms with Gasteiger partial charge in [0.1, 0.15) is 18.0 Å². The van der Waals surface area contributed by atoms with Crippen molar-refractivity contribution in [2.24, 2.45) is 0 Å². The Morgan fingerprint density at radius 1 is 0.730 bits per heavy atom. The fourth-order valence-corrected chi connectivity index (χ4v) is 10.8. The van der Waals surface area contributed by atoms with Gasteiger partial charge in [-0.1, -0.05) is 109 Å². The van der Waals surface area contributed by atoms with Crippen molar-refractivity contribution in [1.82, 2.24) is 25.0 Å². The highest BCUT2D eigenvalue weighted by Gasteiger charge is 2.34. The van der Waals surface area contributed by atoms with E-state index in [0.717, 1.165) is 54.4 Å². The summed E-state index contributed by atoms with van der Waals surface area (Å²) in [6, 6.07) is 43.5. The van der Waals surface area contributed by atoms with Crippen LogP contribution >= 0.6 is 11.6 Å². The number of hydrogen-bond donors (Lipinski definition) is 4. The third kappa shape index (κ3) is 21.2. The van der Waals surface area contributed by atoms with Crippen LogP contribution in [0.1, 0.15) is 69.0 Å². The van der Waals surface area contributed by atoms with Gasteiger partial charge >= 0.3 is 12.4 Å². The number of amides is 2. The molecule has 0 atom stereocenters. The number of ether oxygens (including phenoxy) is 5. The predicted molar refractivity (Wildman–Crippen MR) is 335 cm³/mol. The number of nitrogens with one attached hydrogen (secondary N) is 4. The number of rotatable bonds is 32. The van der Waals surface area contributed by atoms with E-state index < -0.39 is 24.5 Å². The molecular weight excluding hydrogens is 1180 g/mol. The van der Waals surface area contributed by atoms with Crippen LogP contribution in [0.4, 0.5) is 37.7 Å². The lowest BCUT2D eigenvalue weighted by Gasteiger charge is -2.30. The van der Waals surface area contributed by atoms with Crippen molar-refractivity contribution in [2.45, 2.75) is 63.1 Å². The van der Waals surface area contributed by atoms with Crippen molar-refractivity contribution in [3.8, 4) is 23.3 Å². The number of aromatic nitrogens is 1. The molecule has 7 aromatic rings. The van der Waals surface area contributed by atoms with Gasteiger partial charge in [-0.05, 0) is 122 Å². The van der Waals surface area contributed by atoms with Gasteiger partial charge in [-0.3, -0.25) is 14.5 Å². The molecule has 0 radical (unpaired) electrons. The van der Waals surface area contributed by atoms with Crippen molar-refractivity contribution in [3.05, 3.63) is 190 Å². The molecule has 8 rings (SSSR count). The number of alkyl halides is 6. The minimum Gasteiger partial charge on any atom is -0.495 e. The Bertz CT molecular complexity index is 3390. The number of anilines is 2. The fraction of sp³-hybridized carbons (Fsp3) is 0.382. The largest absolute Gasteiger partial charge is 0.495 e. The van der Waals surface area contributed by atoms with Crippen molar-refractivity contribution >= 4 is 45.7 Å². The number of carbonyl (C=O) groups excluding carboxylic acids is 2. The topological polar surface area (TPSA) is 140 Å². The van der Waals surface area contributed by atoms with Crippen molar-refractivity contribution < 1.29 is 59.6 Å². The first kappa shape index (κ1) is 67.2. The number of likely N-dealkylation sites (tertiary alicyclic amines) is 1. The van der Waals surface area contributed by atoms with Crippen LogP contribution in [0.15, 0.2) is 146 Å². The van der Waals surface area contributed by atoms with Gasteiger partial charge in [-0.2, -0.15) is 26.3 Å². The Morgan fingerprint density at radius 3 is 2.07 bits per heavy atom. The maximum Gasteiger partial charge on any atom is 0.417 e. The molecule has 0 aliphatic carbocycles. The average molecular weight is 1250 g/mol. The third-order valence-electron chi connectivity index (χ3n) is 15.0. The average Bonchev–Trinajstić information content (AvgIpc) is 2.61. The molecule has 6 aromatic carbocycles. The van der Waals surface area contributed by atoms with E-state index in [4.69, 9.17) is 35.3 Å². The number of fused-ring (bicyclic) bond motifs is 1. The molecule has 1 aliphatic heterocycles. The van der Waals surface area contributed by atoms with E-state index in [9.17, 15) is 35.9 Å². The van der Waals surface area contributed by atoms with Crippen molar-refractivity contribution in [3.63, 3.8) is 0 Å². The number of methoxy groups -OCH3 is 1. The van der Waals surface area contributed by atoms with Crippen LogP contribution in [0.5, 0.6) is 11.5 Å². The number of nitrogens with zero attached hydrogens (tertiary/aromatic N) is 3. The van der Waals surface area contributed by atoms with Crippen LogP contribution in [0, 0.1) is 11.8 Å². The van der Waals surface area contributed by atoms with E-state index in [1.807, 2.05) is 66.7 Å². The minimum absolute atomic E-state index is 0.0591. The molecule has 2 heterocycles. The van der Waals surface area contributed by atoms with Crippen LogP contribution in [-0.4, -0.2) is 145 Å². The zero-order chi connectivity index (χ0) is 63.0. The highest BCUT2D eigenvalue weighted by atomic mass is 35.5. The zero-order valence-electron chi connectivity index (χ0n) is 50.0. The third-order valence-corrected chi connectivity index (χ3v) is 15.5. The second-order valence-corrected chi connectivity index (χ2v) is 22.0. The zero-order valence-corrected chi connectivity index (χ0v) is 50.8. The lowest BCUT2D eigenvalue weighted by Crippen LogP contribution is -2.36. The Balaban J connectivity index is 0.683. The van der Waals surface area contributed by atoms with Gasteiger partial charge in [0.15, 0.2) is 0 Å². The molecule has 0 bridgehead atoms. The molecule has 474 valence electrons. The minimum atomic E-state index is -4.58. The Morgan fingerprint density at radius 2 is 1.39 bits per heavy atom. The first-order valence-corrected chi connectivity index (χ1v) is 30.1. The molecule has 4 N–H and O–H groups in total. The number of carbonyl (C=O) groups is 2. The first-order valence-electron chi connectivity index (χ1n) is 29.7. The van der Waals surface area contributed by atoms with Gasteiger partial charge in [-0.15, -0.1) is 0 Å². The maximum atomic E-state index is 13.9. The Kier molecular flexibility index (Phi) is 25.4. The summed E-state index contributed by atoms with van der Waals surface area (Å²) in [7, 11) is 3.55. The highest BCUT2D eigenvalue weighted by Crippen LogP contribution is 2.38. The summed E-state index contributed by atoms with van der Waals surface area (Å²) in [4.78, 5) is 30.2. The summed E-state index contributed by atoms with van der Waals surface area (Å²) in [5.41, 5.74) is 4.84. The standard InChI is InChI=1S/C68H76ClF6N7O7/c1-80-33-27-54(28-34-80)79-60-23-11-24-62-57(60)45-55(82(62)48-67(70,71)72)20-12-29-76-61-26-25-52(44-63(61)85-2)66(84)78-31-37-87-39-41-88-40-38-86-36-30-77-64(83)43-49-14-9-21-56(42-49)89-35-13-32-81(46-53-19-10-22-59(65(53)69)68(73,74)75)47-58(50-15-5-3-6-16-50)51-17-7-4-8-18-51/h3-11,14-19,21-26,42,44-45,54,58,76,79H,13,27-41,43,46-48H2,1-2H3,(H,77,83)(H,78,84). The molecule has 1 fully saturated rings. The summed E-state index contributed by atoms with van der Waals surface area (Å²) in [6.07, 6.45) is -6.46. The van der Waals surface area contributed by atoms with Gasteiger partial charge in [0.2, 0.25) is 5.91 Å². The smallest absolute Gasteiger partial charge is 0.417 e. The molecule has 0 spiro atoms. The van der Waals surface area contributed by atoms with E-state index in [1.54, 1.807) is 42.5 Å². The van der Waals surface area contributed by atoms with E-state index in [1.165, 1.54) is 17.7 Å². The molecular formula is C68H76ClF6N7O7. The summed E-state index contributed by atoms with van der Waals surface area (Å²) in [5.74, 6) is 6.30. The van der Waals surface area contributed by atoms with E-state index in [0.29, 0.717) is 98.3 Å². The lowest BCUT2D eigenvalue weighted by molar-refractivity contribution is -0.140. The van der Waals surface area contributed by atoms with Gasteiger partial charge < -0.3 is 54.4 Å². The van der Waals surface area contributed by atoms with Crippen LogP contribution in [-0.2, 0) is 44.7 Å². The van der Waals surface area contributed by atoms with Crippen molar-refractivity contribution in [1.29, 1.82) is 0 Å². The monoisotopic (exact) mass is 1250 g/mol. The summed E-state index contributed by atoms with van der Waals surface area (Å²) >= 11 is 6.40. The van der Waals surface area contributed by atoms with E-state index in [2.05, 4.69) is 74.2 Å².